The van der Waals surface area contributed by atoms with Crippen LogP contribution in [0.2, 0.25) is 0 Å². The molecule has 1 rings (SSSR count). The smallest absolute Gasteiger partial charge is 0.412 e. The van der Waals surface area contributed by atoms with Gasteiger partial charge in [0.1, 0.15) is 22.9 Å². The summed E-state index contributed by atoms with van der Waals surface area (Å²) in [5.41, 5.74) is -0.181. The summed E-state index contributed by atoms with van der Waals surface area (Å²) in [7, 11) is 3.81. The number of amides is 2. The predicted octanol–water partition coefficient (Wildman–Crippen LogP) is 2.19. The number of carbonyl (C=O) groups is 2. The molecule has 0 heterocycles. The van der Waals surface area contributed by atoms with Gasteiger partial charge in [0.25, 0.3) is 0 Å². The molecule has 0 radical (unpaired) electrons. The number of ether oxygens (including phenoxy) is 3. The number of rotatable bonds is 5. The van der Waals surface area contributed by atoms with E-state index in [1.165, 1.54) is 33.4 Å². The van der Waals surface area contributed by atoms with Crippen molar-refractivity contribution in [2.45, 2.75) is 5.38 Å². The lowest BCUT2D eigenvalue weighted by atomic mass is 10.2. The first kappa shape index (κ1) is 17.8. The number of alkyl halides is 3. The molecule has 2 amide bonds. The van der Waals surface area contributed by atoms with Gasteiger partial charge in [0.2, 0.25) is 0 Å². The largest absolute Gasteiger partial charge is 0.494 e. The summed E-state index contributed by atoms with van der Waals surface area (Å²) < 4.78 is 40.3. The fraction of sp³-hybridized carbons (Fsp3) is 0.333. The van der Waals surface area contributed by atoms with Crippen molar-refractivity contribution in [1.29, 1.82) is 0 Å². The first-order valence-electron chi connectivity index (χ1n) is 5.76. The highest BCUT2D eigenvalue weighted by Crippen LogP contribution is 2.39. The van der Waals surface area contributed by atoms with E-state index in [4.69, 9.17) is 14.2 Å². The number of benzene rings is 1. The molecule has 22 heavy (non-hydrogen) atoms. The van der Waals surface area contributed by atoms with Gasteiger partial charge in [0.05, 0.1) is 14.2 Å². The average molecular weight is 339 g/mol. The Morgan fingerprint density at radius 2 is 1.68 bits per heavy atom. The number of halogens is 3. The second kappa shape index (κ2) is 7.12. The lowest BCUT2D eigenvalue weighted by Gasteiger charge is -2.17. The third-order valence-electron chi connectivity index (χ3n) is 2.39. The third-order valence-corrected chi connectivity index (χ3v) is 2.56. The van der Waals surface area contributed by atoms with Crippen LogP contribution in [0.3, 0.4) is 0 Å². The van der Waals surface area contributed by atoms with Crippen molar-refractivity contribution in [1.82, 2.24) is 5.32 Å². The van der Waals surface area contributed by atoms with Crippen LogP contribution in [0, 0.1) is 0 Å². The van der Waals surface area contributed by atoms with Crippen LogP contribution in [-0.2, 0) is 4.79 Å². The summed E-state index contributed by atoms with van der Waals surface area (Å²) in [6, 6.07) is 2.42. The van der Waals surface area contributed by atoms with Crippen LogP contribution in [0.4, 0.5) is 19.3 Å². The zero-order chi connectivity index (χ0) is 16.9. The van der Waals surface area contributed by atoms with Gasteiger partial charge in [-0.25, -0.2) is 4.79 Å². The van der Waals surface area contributed by atoms with Gasteiger partial charge in [-0.15, -0.1) is 0 Å². The summed E-state index contributed by atoms with van der Waals surface area (Å²) in [4.78, 5) is 22.5. The molecule has 0 bridgehead atoms. The predicted molar refractivity (Wildman–Crippen MR) is 74.1 cm³/mol. The molecule has 0 fully saturated rings. The molecule has 0 saturated carbocycles. The molecular formula is C12H13ClF2N2O5. The van der Waals surface area contributed by atoms with Gasteiger partial charge in [-0.3, -0.25) is 4.79 Å². The molecule has 122 valence electrons. The molecule has 0 unspecified atom stereocenters. The van der Waals surface area contributed by atoms with E-state index in [1.54, 1.807) is 0 Å². The van der Waals surface area contributed by atoms with E-state index < -0.39 is 17.4 Å². The highest BCUT2D eigenvalue weighted by Gasteiger charge is 2.37. The molecular weight excluding hydrogens is 326 g/mol. The standard InChI is InChI=1S/C12H13ClF2N2O5/c1-16-11(19)22-6-4-7(20-2)9(8(5-6)21-3)17-10(18)12(13,14)15/h4-5H,1-3H3,(H,16,19)(H,17,18). The van der Waals surface area contributed by atoms with Crippen LogP contribution in [0.1, 0.15) is 0 Å². The zero-order valence-electron chi connectivity index (χ0n) is 11.8. The average Bonchev–Trinajstić information content (AvgIpc) is 2.46. The number of nitrogens with one attached hydrogen (secondary N) is 2. The van der Waals surface area contributed by atoms with E-state index >= 15 is 0 Å². The van der Waals surface area contributed by atoms with Crippen LogP contribution in [-0.4, -0.2) is 38.6 Å². The molecule has 2 N–H and O–H groups in total. The van der Waals surface area contributed by atoms with E-state index in [0.717, 1.165) is 0 Å². The maximum atomic E-state index is 12.8. The minimum absolute atomic E-state index is 0.0173. The molecule has 1 aromatic carbocycles. The van der Waals surface area contributed by atoms with Crippen LogP contribution in [0.25, 0.3) is 0 Å². The Bertz CT molecular complexity index is 552. The Kier molecular flexibility index (Phi) is 5.75. The molecule has 7 nitrogen and oxygen atoms in total. The van der Waals surface area contributed by atoms with E-state index in [1.807, 2.05) is 5.32 Å². The van der Waals surface area contributed by atoms with Crippen molar-refractivity contribution in [3.63, 3.8) is 0 Å². The Morgan fingerprint density at radius 1 is 1.18 bits per heavy atom. The van der Waals surface area contributed by atoms with Crippen LogP contribution < -0.4 is 24.8 Å². The lowest BCUT2D eigenvalue weighted by molar-refractivity contribution is -0.130. The molecule has 1 aromatic rings. The second-order valence-corrected chi connectivity index (χ2v) is 4.27. The SMILES string of the molecule is CNC(=O)Oc1cc(OC)c(NC(=O)C(F)(F)Cl)c(OC)c1. The number of hydrogen-bond donors (Lipinski definition) is 2. The van der Waals surface area contributed by atoms with Crippen LogP contribution in [0.15, 0.2) is 12.1 Å². The quantitative estimate of drug-likeness (QED) is 0.804. The van der Waals surface area contributed by atoms with Crippen LogP contribution >= 0.6 is 11.6 Å². The van der Waals surface area contributed by atoms with E-state index in [-0.39, 0.29) is 22.9 Å². The van der Waals surface area contributed by atoms with Crippen molar-refractivity contribution in [2.24, 2.45) is 0 Å². The second-order valence-electron chi connectivity index (χ2n) is 3.79. The molecule has 0 aromatic heterocycles. The first-order valence-corrected chi connectivity index (χ1v) is 6.14. The third kappa shape index (κ3) is 4.35. The minimum Gasteiger partial charge on any atom is -0.494 e. The van der Waals surface area contributed by atoms with Gasteiger partial charge < -0.3 is 24.8 Å². The van der Waals surface area contributed by atoms with E-state index in [9.17, 15) is 18.4 Å². The lowest BCUT2D eigenvalue weighted by Crippen LogP contribution is -2.29. The van der Waals surface area contributed by atoms with Crippen molar-refractivity contribution in [3.8, 4) is 17.2 Å². The Labute approximate surface area is 129 Å². The Morgan fingerprint density at radius 3 is 2.05 bits per heavy atom. The number of carbonyl (C=O) groups excluding carboxylic acids is 2. The number of anilines is 1. The van der Waals surface area contributed by atoms with Crippen molar-refractivity contribution in [3.05, 3.63) is 12.1 Å². The molecule has 0 aliphatic heterocycles. The van der Waals surface area contributed by atoms with Crippen molar-refractivity contribution < 1.29 is 32.6 Å². The fourth-order valence-electron chi connectivity index (χ4n) is 1.41. The van der Waals surface area contributed by atoms with Crippen LogP contribution in [0.5, 0.6) is 17.2 Å². The van der Waals surface area contributed by atoms with Crippen molar-refractivity contribution >= 4 is 29.3 Å². The highest BCUT2D eigenvalue weighted by molar-refractivity contribution is 6.34. The first-order chi connectivity index (χ1) is 10.2. The van der Waals surface area contributed by atoms with Gasteiger partial charge in [-0.05, 0) is 11.6 Å². The topological polar surface area (TPSA) is 85.9 Å². The molecule has 0 spiro atoms. The summed E-state index contributed by atoms with van der Waals surface area (Å²) in [6.07, 6.45) is -0.756. The Balaban J connectivity index is 3.21. The van der Waals surface area contributed by atoms with E-state index in [2.05, 4.69) is 16.9 Å². The summed E-state index contributed by atoms with van der Waals surface area (Å²) >= 11 is 4.64. The summed E-state index contributed by atoms with van der Waals surface area (Å²) in [6.45, 7) is 0. The van der Waals surface area contributed by atoms with Gasteiger partial charge in [-0.1, -0.05) is 0 Å². The molecule has 10 heteroatoms. The summed E-state index contributed by atoms with van der Waals surface area (Å²) in [5.74, 6) is -1.87. The summed E-state index contributed by atoms with van der Waals surface area (Å²) in [5, 5.41) is 0.0106. The molecule has 0 atom stereocenters. The molecule has 0 saturated heterocycles. The normalized spacial score (nSPS) is 10.6. The maximum Gasteiger partial charge on any atom is 0.412 e. The molecule has 0 aliphatic rings. The minimum atomic E-state index is -4.10. The van der Waals surface area contributed by atoms with Gasteiger partial charge >= 0.3 is 17.4 Å². The number of hydrogen-bond acceptors (Lipinski definition) is 5. The highest BCUT2D eigenvalue weighted by atomic mass is 35.5. The zero-order valence-corrected chi connectivity index (χ0v) is 12.6. The van der Waals surface area contributed by atoms with Gasteiger partial charge in [-0.2, -0.15) is 8.78 Å². The molecule has 0 aliphatic carbocycles. The van der Waals surface area contributed by atoms with Gasteiger partial charge in [0, 0.05) is 19.2 Å². The van der Waals surface area contributed by atoms with Gasteiger partial charge in [0.15, 0.2) is 0 Å². The monoisotopic (exact) mass is 338 g/mol. The Hall–Kier alpha value is -2.29. The number of methoxy groups -OCH3 is 2. The van der Waals surface area contributed by atoms with Crippen molar-refractivity contribution in [2.75, 3.05) is 26.6 Å². The maximum absolute atomic E-state index is 12.8. The van der Waals surface area contributed by atoms with E-state index in [0.29, 0.717) is 0 Å². The fourth-order valence-corrected chi connectivity index (χ4v) is 1.46.